The lowest BCUT2D eigenvalue weighted by Crippen LogP contribution is -2.55. The van der Waals surface area contributed by atoms with Crippen molar-refractivity contribution in [1.29, 1.82) is 0 Å². The summed E-state index contributed by atoms with van der Waals surface area (Å²) in [6.45, 7) is -1.75. The highest BCUT2D eigenvalue weighted by Crippen LogP contribution is 2.51. The van der Waals surface area contributed by atoms with Crippen LogP contribution >= 0.6 is 0 Å². The second kappa shape index (κ2) is 11.5. The summed E-state index contributed by atoms with van der Waals surface area (Å²) >= 11 is 0. The van der Waals surface area contributed by atoms with E-state index < -0.39 is 125 Å². The minimum atomic E-state index is -2.05. The second-order valence-electron chi connectivity index (χ2n) is 10.4. The molecule has 1 aromatic heterocycles. The van der Waals surface area contributed by atoms with Gasteiger partial charge in [0.2, 0.25) is 0 Å². The van der Waals surface area contributed by atoms with E-state index in [2.05, 4.69) is 0 Å². The number of phenols is 4. The fraction of sp³-hybridized carbons (Fsp3) is 0.444. The number of benzene rings is 2. The lowest BCUT2D eigenvalue weighted by Gasteiger charge is -2.42. The van der Waals surface area contributed by atoms with E-state index in [-0.39, 0.29) is 11.3 Å². The molecule has 2 saturated heterocycles. The van der Waals surface area contributed by atoms with Gasteiger partial charge < -0.3 is 75.2 Å². The molecule has 2 aliphatic heterocycles. The zero-order chi connectivity index (χ0) is 31.5. The summed E-state index contributed by atoms with van der Waals surface area (Å²) in [6, 6.07) is 4.26. The van der Waals surface area contributed by atoms with Crippen molar-refractivity contribution < 1.29 is 75.2 Å². The average molecular weight is 611 g/mol. The smallest absolute Gasteiger partial charge is 0.197 e. The topological polar surface area (TPSA) is 291 Å². The van der Waals surface area contributed by atoms with E-state index in [0.717, 1.165) is 18.2 Å². The molecule has 2 aliphatic rings. The van der Waals surface area contributed by atoms with Crippen LogP contribution in [0.25, 0.3) is 22.3 Å². The van der Waals surface area contributed by atoms with Crippen molar-refractivity contribution in [2.45, 2.75) is 61.0 Å². The highest BCUT2D eigenvalue weighted by molar-refractivity contribution is 5.92. The van der Waals surface area contributed by atoms with Crippen molar-refractivity contribution in [2.75, 3.05) is 13.2 Å². The number of hydrogen-bond acceptors (Lipinski definition) is 16. The third kappa shape index (κ3) is 4.96. The Morgan fingerprint density at radius 2 is 1.16 bits per heavy atom. The largest absolute Gasteiger partial charge is 0.507 e. The van der Waals surface area contributed by atoms with Crippen LogP contribution in [0.3, 0.4) is 0 Å². The van der Waals surface area contributed by atoms with Crippen LogP contribution in [0.5, 0.6) is 23.0 Å². The van der Waals surface area contributed by atoms with Gasteiger partial charge in [-0.15, -0.1) is 0 Å². The molecule has 12 N–H and O–H groups in total. The molecule has 2 fully saturated rings. The molecule has 2 unspecified atom stereocenters. The third-order valence-electron chi connectivity index (χ3n) is 7.81. The van der Waals surface area contributed by atoms with Crippen molar-refractivity contribution in [2.24, 2.45) is 0 Å². The van der Waals surface area contributed by atoms with Crippen LogP contribution in [0.15, 0.2) is 33.5 Å². The second-order valence-corrected chi connectivity index (χ2v) is 10.4. The molecule has 0 spiro atoms. The fourth-order valence-corrected chi connectivity index (χ4v) is 5.44. The highest BCUT2D eigenvalue weighted by Gasteiger charge is 2.50. The normalized spacial score (nSPS) is 33.1. The predicted molar refractivity (Wildman–Crippen MR) is 140 cm³/mol. The molecule has 43 heavy (non-hydrogen) atoms. The van der Waals surface area contributed by atoms with Crippen LogP contribution in [-0.2, 0) is 9.47 Å². The number of aliphatic hydroxyl groups excluding tert-OH is 8. The number of hydrogen-bond donors (Lipinski definition) is 12. The van der Waals surface area contributed by atoms with Gasteiger partial charge in [-0.25, -0.2) is 0 Å². The van der Waals surface area contributed by atoms with Crippen LogP contribution in [0.1, 0.15) is 23.3 Å². The lowest BCUT2D eigenvalue weighted by atomic mass is 9.85. The van der Waals surface area contributed by atoms with E-state index in [1.165, 1.54) is 6.07 Å². The zero-order valence-corrected chi connectivity index (χ0v) is 22.0. The molecule has 0 amide bonds. The first-order valence-electron chi connectivity index (χ1n) is 13.0. The van der Waals surface area contributed by atoms with Crippen molar-refractivity contribution in [3.8, 4) is 34.3 Å². The molecular formula is C27H30O16. The molecule has 10 atom stereocenters. The van der Waals surface area contributed by atoms with Crippen molar-refractivity contribution in [1.82, 2.24) is 0 Å². The number of aliphatic hydroxyl groups is 8. The van der Waals surface area contributed by atoms with Gasteiger partial charge in [0.1, 0.15) is 83.7 Å². The number of ether oxygens (including phenoxy) is 2. The van der Waals surface area contributed by atoms with Crippen LogP contribution in [0.4, 0.5) is 0 Å². The van der Waals surface area contributed by atoms with Gasteiger partial charge >= 0.3 is 0 Å². The zero-order valence-electron chi connectivity index (χ0n) is 22.0. The SMILES string of the molecule is O=c1cc(-c2ccc(O)c(O)c2)oc2c(C3O[C@H](CO)[C@@H](O)[C@H](O)[C@H]3O)c(O)c(C3O[C@H](CO)[C@@H](O)[C@H](O)[C@H]3O)c(O)c12. The van der Waals surface area contributed by atoms with E-state index in [1.807, 2.05) is 0 Å². The van der Waals surface area contributed by atoms with Gasteiger partial charge in [0.05, 0.1) is 24.3 Å². The standard InChI is InChI=1S/C27H30O16/c28-5-12-17(33)21(37)23(39)26(42-12)15-19(35)14-10(32)4-11(7-1-2-8(30)9(31)3-7)41-25(14)16(20(15)36)27-24(40)22(38)18(34)13(6-29)43-27/h1-4,12-13,17-18,21-24,26-31,33-40H,5-6H2/t12-,13-,17-,18-,21+,22+,23-,24-,26?,27?/m1/s1. The quantitative estimate of drug-likeness (QED) is 0.131. The molecule has 16 nitrogen and oxygen atoms in total. The van der Waals surface area contributed by atoms with Crippen molar-refractivity contribution in [3.63, 3.8) is 0 Å². The average Bonchev–Trinajstić information content (AvgIpc) is 2.98. The molecule has 2 aromatic carbocycles. The predicted octanol–water partition coefficient (Wildman–Crippen LogP) is -2.69. The Labute approximate surface area is 240 Å². The first kappa shape index (κ1) is 30.9. The lowest BCUT2D eigenvalue weighted by molar-refractivity contribution is -0.234. The molecule has 0 saturated carbocycles. The number of aromatic hydroxyl groups is 4. The van der Waals surface area contributed by atoms with Gasteiger partial charge in [0, 0.05) is 11.6 Å². The monoisotopic (exact) mass is 610 g/mol. The first-order chi connectivity index (χ1) is 20.3. The van der Waals surface area contributed by atoms with Gasteiger partial charge in [-0.05, 0) is 18.2 Å². The molecule has 234 valence electrons. The summed E-state index contributed by atoms with van der Waals surface area (Å²) in [5.74, 6) is -3.43. The third-order valence-corrected chi connectivity index (χ3v) is 7.81. The number of rotatable bonds is 5. The molecule has 3 heterocycles. The van der Waals surface area contributed by atoms with E-state index in [4.69, 9.17) is 13.9 Å². The highest BCUT2D eigenvalue weighted by atomic mass is 16.6. The maximum atomic E-state index is 13.5. The van der Waals surface area contributed by atoms with Crippen LogP contribution < -0.4 is 5.43 Å². The summed E-state index contributed by atoms with van der Waals surface area (Å²) in [5, 5.41) is 124. The summed E-state index contributed by atoms with van der Waals surface area (Å²) in [4.78, 5) is 13.5. The first-order valence-corrected chi connectivity index (χ1v) is 13.0. The van der Waals surface area contributed by atoms with Crippen molar-refractivity contribution in [3.05, 3.63) is 45.6 Å². The Morgan fingerprint density at radius 1 is 0.628 bits per heavy atom. The Morgan fingerprint density at radius 3 is 1.67 bits per heavy atom. The minimum absolute atomic E-state index is 0.0334. The van der Waals surface area contributed by atoms with Crippen LogP contribution in [0.2, 0.25) is 0 Å². The maximum absolute atomic E-state index is 13.5. The summed E-state index contributed by atoms with van der Waals surface area (Å²) < 4.78 is 16.9. The van der Waals surface area contributed by atoms with Crippen LogP contribution in [-0.4, -0.2) is 123 Å². The molecule has 16 heteroatoms. The van der Waals surface area contributed by atoms with E-state index >= 15 is 0 Å². The Hall–Kier alpha value is -3.55. The van der Waals surface area contributed by atoms with Gasteiger partial charge in [-0.3, -0.25) is 4.79 Å². The summed E-state index contributed by atoms with van der Waals surface area (Å²) in [5.41, 5.74) is -2.97. The summed E-state index contributed by atoms with van der Waals surface area (Å²) in [7, 11) is 0. The molecule has 5 rings (SSSR count). The Bertz CT molecular complexity index is 1570. The number of fused-ring (bicyclic) bond motifs is 1. The Balaban J connectivity index is 1.82. The Kier molecular flexibility index (Phi) is 8.27. The summed E-state index contributed by atoms with van der Waals surface area (Å²) in [6.07, 6.45) is -18.5. The van der Waals surface area contributed by atoms with Crippen molar-refractivity contribution >= 4 is 11.0 Å². The van der Waals surface area contributed by atoms with Gasteiger partial charge in [0.15, 0.2) is 22.5 Å². The maximum Gasteiger partial charge on any atom is 0.197 e. The number of phenolic OH excluding ortho intramolecular Hbond substituents is 4. The molecule has 0 aliphatic carbocycles. The van der Waals surface area contributed by atoms with E-state index in [0.29, 0.717) is 0 Å². The van der Waals surface area contributed by atoms with E-state index in [1.54, 1.807) is 0 Å². The van der Waals surface area contributed by atoms with Gasteiger partial charge in [-0.1, -0.05) is 0 Å². The molecule has 3 aromatic rings. The van der Waals surface area contributed by atoms with Crippen LogP contribution in [0, 0.1) is 0 Å². The molecule has 0 bridgehead atoms. The minimum Gasteiger partial charge on any atom is -0.507 e. The van der Waals surface area contributed by atoms with E-state index in [9.17, 15) is 66.1 Å². The molecule has 0 radical (unpaired) electrons. The van der Waals surface area contributed by atoms with Gasteiger partial charge in [0.25, 0.3) is 0 Å². The molecular weight excluding hydrogens is 580 g/mol. The van der Waals surface area contributed by atoms with Gasteiger partial charge in [-0.2, -0.15) is 0 Å². The fourth-order valence-electron chi connectivity index (χ4n) is 5.44.